The molecule has 1 saturated heterocycles. The van der Waals surface area contributed by atoms with Crippen LogP contribution in [0.4, 0.5) is 0 Å². The third kappa shape index (κ3) is 2.22. The maximum absolute atomic E-state index is 5.72. The van der Waals surface area contributed by atoms with Gasteiger partial charge in [0.25, 0.3) is 0 Å². The van der Waals surface area contributed by atoms with Crippen LogP contribution >= 0.6 is 0 Å². The lowest BCUT2D eigenvalue weighted by atomic mass is 9.94. The summed E-state index contributed by atoms with van der Waals surface area (Å²) < 4.78 is 11.2. The molecule has 106 valence electrons. The van der Waals surface area contributed by atoms with E-state index >= 15 is 0 Å². The second-order valence-corrected chi connectivity index (χ2v) is 5.25. The summed E-state index contributed by atoms with van der Waals surface area (Å²) in [5, 5.41) is 5.82. The van der Waals surface area contributed by atoms with Gasteiger partial charge >= 0.3 is 0 Å². The fourth-order valence-electron chi connectivity index (χ4n) is 3.12. The number of hydrogen-bond acceptors (Lipinski definition) is 3. The molecule has 3 rings (SSSR count). The number of piperidine rings is 1. The smallest absolute Gasteiger partial charge is 0.131 e. The van der Waals surface area contributed by atoms with Crippen molar-refractivity contribution >= 4 is 10.8 Å². The zero-order valence-corrected chi connectivity index (χ0v) is 12.1. The SMILES string of the molecule is COc1cccc2c(OC)c(C3CCCCN3)ccc12. The van der Waals surface area contributed by atoms with E-state index in [-0.39, 0.29) is 0 Å². The van der Waals surface area contributed by atoms with E-state index in [1.54, 1.807) is 14.2 Å². The summed E-state index contributed by atoms with van der Waals surface area (Å²) in [5.41, 5.74) is 1.26. The van der Waals surface area contributed by atoms with E-state index in [4.69, 9.17) is 9.47 Å². The molecule has 3 nitrogen and oxygen atoms in total. The van der Waals surface area contributed by atoms with Gasteiger partial charge in [-0.15, -0.1) is 0 Å². The van der Waals surface area contributed by atoms with E-state index in [1.165, 1.54) is 24.8 Å². The Bertz CT molecular complexity index is 603. The molecule has 2 aromatic carbocycles. The van der Waals surface area contributed by atoms with Crippen molar-refractivity contribution in [2.24, 2.45) is 0 Å². The average molecular weight is 271 g/mol. The molecule has 0 saturated carbocycles. The number of nitrogens with one attached hydrogen (secondary N) is 1. The molecule has 20 heavy (non-hydrogen) atoms. The highest BCUT2D eigenvalue weighted by atomic mass is 16.5. The van der Waals surface area contributed by atoms with Crippen LogP contribution in [0.1, 0.15) is 30.9 Å². The Kier molecular flexibility index (Phi) is 3.79. The predicted octanol–water partition coefficient (Wildman–Crippen LogP) is 3.67. The fourth-order valence-corrected chi connectivity index (χ4v) is 3.12. The topological polar surface area (TPSA) is 30.5 Å². The average Bonchev–Trinajstić information content (AvgIpc) is 2.53. The van der Waals surface area contributed by atoms with Crippen molar-refractivity contribution in [2.75, 3.05) is 20.8 Å². The summed E-state index contributed by atoms with van der Waals surface area (Å²) >= 11 is 0. The third-order valence-corrected chi connectivity index (χ3v) is 4.11. The molecule has 0 aromatic heterocycles. The van der Waals surface area contributed by atoms with Crippen LogP contribution in [0, 0.1) is 0 Å². The van der Waals surface area contributed by atoms with E-state index in [0.29, 0.717) is 6.04 Å². The zero-order valence-electron chi connectivity index (χ0n) is 12.1. The van der Waals surface area contributed by atoms with Gasteiger partial charge in [-0.2, -0.15) is 0 Å². The van der Waals surface area contributed by atoms with Crippen molar-refractivity contribution in [3.8, 4) is 11.5 Å². The summed E-state index contributed by atoms with van der Waals surface area (Å²) in [7, 11) is 3.46. The molecule has 1 N–H and O–H groups in total. The minimum absolute atomic E-state index is 0.398. The largest absolute Gasteiger partial charge is 0.496 e. The van der Waals surface area contributed by atoms with Crippen LogP contribution in [-0.4, -0.2) is 20.8 Å². The van der Waals surface area contributed by atoms with Crippen LogP contribution in [-0.2, 0) is 0 Å². The van der Waals surface area contributed by atoms with E-state index in [0.717, 1.165) is 28.8 Å². The molecule has 2 aromatic rings. The van der Waals surface area contributed by atoms with Gasteiger partial charge in [0, 0.05) is 22.4 Å². The number of hydrogen-bond donors (Lipinski definition) is 1. The molecule has 0 aliphatic carbocycles. The normalized spacial score (nSPS) is 19.0. The van der Waals surface area contributed by atoms with Gasteiger partial charge in [-0.1, -0.05) is 30.7 Å². The quantitative estimate of drug-likeness (QED) is 0.924. The first kappa shape index (κ1) is 13.3. The van der Waals surface area contributed by atoms with Crippen molar-refractivity contribution in [2.45, 2.75) is 25.3 Å². The summed E-state index contributed by atoms with van der Waals surface area (Å²) in [5.74, 6) is 1.87. The predicted molar refractivity (Wildman–Crippen MR) is 81.6 cm³/mol. The summed E-state index contributed by atoms with van der Waals surface area (Å²) in [6.07, 6.45) is 3.71. The lowest BCUT2D eigenvalue weighted by molar-refractivity contribution is 0.376. The van der Waals surface area contributed by atoms with Crippen LogP contribution in [0.2, 0.25) is 0 Å². The van der Waals surface area contributed by atoms with Crippen molar-refractivity contribution in [1.82, 2.24) is 5.32 Å². The van der Waals surface area contributed by atoms with Gasteiger partial charge in [-0.25, -0.2) is 0 Å². The van der Waals surface area contributed by atoms with E-state index in [9.17, 15) is 0 Å². The van der Waals surface area contributed by atoms with E-state index in [1.807, 2.05) is 12.1 Å². The van der Waals surface area contributed by atoms with Gasteiger partial charge in [0.15, 0.2) is 0 Å². The molecule has 1 atom stereocenters. The number of methoxy groups -OCH3 is 2. The van der Waals surface area contributed by atoms with E-state index < -0.39 is 0 Å². The molecule has 1 aliphatic heterocycles. The summed E-state index contributed by atoms with van der Waals surface area (Å²) in [4.78, 5) is 0. The Morgan fingerprint density at radius 3 is 2.60 bits per heavy atom. The first-order chi connectivity index (χ1) is 9.85. The number of benzene rings is 2. The van der Waals surface area contributed by atoms with Crippen molar-refractivity contribution < 1.29 is 9.47 Å². The molecule has 1 heterocycles. The van der Waals surface area contributed by atoms with Gasteiger partial charge in [-0.3, -0.25) is 0 Å². The first-order valence-electron chi connectivity index (χ1n) is 7.22. The molecule has 0 radical (unpaired) electrons. The molecule has 1 unspecified atom stereocenters. The lowest BCUT2D eigenvalue weighted by Crippen LogP contribution is -2.27. The van der Waals surface area contributed by atoms with Crippen molar-refractivity contribution in [3.05, 3.63) is 35.9 Å². The lowest BCUT2D eigenvalue weighted by Gasteiger charge is -2.26. The maximum Gasteiger partial charge on any atom is 0.131 e. The van der Waals surface area contributed by atoms with Crippen LogP contribution in [0.25, 0.3) is 10.8 Å². The number of ether oxygens (including phenoxy) is 2. The van der Waals surface area contributed by atoms with Crippen LogP contribution in [0.5, 0.6) is 11.5 Å². The van der Waals surface area contributed by atoms with Gasteiger partial charge in [0.1, 0.15) is 11.5 Å². The highest BCUT2D eigenvalue weighted by Crippen LogP contribution is 2.39. The van der Waals surface area contributed by atoms with Crippen LogP contribution in [0.15, 0.2) is 30.3 Å². The summed E-state index contributed by atoms with van der Waals surface area (Å²) in [6.45, 7) is 1.09. The molecular weight excluding hydrogens is 250 g/mol. The minimum atomic E-state index is 0.398. The molecule has 0 amide bonds. The van der Waals surface area contributed by atoms with Crippen molar-refractivity contribution in [3.63, 3.8) is 0 Å². The van der Waals surface area contributed by atoms with Gasteiger partial charge in [-0.05, 0) is 25.5 Å². The maximum atomic E-state index is 5.72. The molecule has 1 aliphatic rings. The van der Waals surface area contributed by atoms with E-state index in [2.05, 4.69) is 23.5 Å². The number of rotatable bonds is 3. The second-order valence-electron chi connectivity index (χ2n) is 5.25. The highest BCUT2D eigenvalue weighted by Gasteiger charge is 2.20. The standard InChI is InChI=1S/C17H21NO2/c1-19-16-8-5-6-13-12(16)9-10-14(17(13)20-2)15-7-3-4-11-18-15/h5-6,8-10,15,18H,3-4,7,11H2,1-2H3. The Labute approximate surface area is 119 Å². The van der Waals surface area contributed by atoms with Gasteiger partial charge < -0.3 is 14.8 Å². The molecule has 0 spiro atoms. The monoisotopic (exact) mass is 271 g/mol. The molecular formula is C17H21NO2. The Morgan fingerprint density at radius 1 is 1.00 bits per heavy atom. The van der Waals surface area contributed by atoms with Crippen LogP contribution < -0.4 is 14.8 Å². The minimum Gasteiger partial charge on any atom is -0.496 e. The molecule has 0 bridgehead atoms. The van der Waals surface area contributed by atoms with Crippen LogP contribution in [0.3, 0.4) is 0 Å². The Hall–Kier alpha value is -1.74. The van der Waals surface area contributed by atoms with Gasteiger partial charge in [0.05, 0.1) is 14.2 Å². The second kappa shape index (κ2) is 5.71. The Morgan fingerprint density at radius 2 is 1.90 bits per heavy atom. The number of fused-ring (bicyclic) bond motifs is 1. The summed E-state index contributed by atoms with van der Waals surface area (Å²) in [6, 6.07) is 10.8. The fraction of sp³-hybridized carbons (Fsp3) is 0.412. The first-order valence-corrected chi connectivity index (χ1v) is 7.22. The zero-order chi connectivity index (χ0) is 13.9. The van der Waals surface area contributed by atoms with Crippen molar-refractivity contribution in [1.29, 1.82) is 0 Å². The van der Waals surface area contributed by atoms with Gasteiger partial charge in [0.2, 0.25) is 0 Å². The molecule has 1 fully saturated rings. The highest BCUT2D eigenvalue weighted by molar-refractivity contribution is 5.94. The molecule has 3 heteroatoms. The Balaban J connectivity index is 2.14. The third-order valence-electron chi connectivity index (χ3n) is 4.11.